The van der Waals surface area contributed by atoms with Gasteiger partial charge in [-0.25, -0.2) is 9.18 Å². The summed E-state index contributed by atoms with van der Waals surface area (Å²) in [4.78, 5) is 29.6. The Morgan fingerprint density at radius 1 is 1.13 bits per heavy atom. The van der Waals surface area contributed by atoms with Crippen LogP contribution in [0.5, 0.6) is 0 Å². The molecule has 0 saturated heterocycles. The molecule has 1 heterocycles. The minimum atomic E-state index is -0.442. The molecule has 1 N–H and O–H groups in total. The van der Waals surface area contributed by atoms with Gasteiger partial charge in [0.2, 0.25) is 17.6 Å². The number of aryl methyl sites for hydroxylation is 1. The van der Waals surface area contributed by atoms with Gasteiger partial charge in [0.15, 0.2) is 0 Å². The van der Waals surface area contributed by atoms with E-state index in [1.807, 2.05) is 0 Å². The first kappa shape index (κ1) is 21.9. The number of carbonyl (C=O) groups is 2. The van der Waals surface area contributed by atoms with Crippen molar-refractivity contribution in [2.24, 2.45) is 0 Å². The molecule has 0 aliphatic carbocycles. The molecule has 0 fully saturated rings. The zero-order valence-corrected chi connectivity index (χ0v) is 17.3. The van der Waals surface area contributed by atoms with Crippen molar-refractivity contribution in [3.8, 4) is 11.4 Å². The van der Waals surface area contributed by atoms with Crippen LogP contribution in [-0.2, 0) is 16.0 Å². The van der Waals surface area contributed by atoms with Crippen LogP contribution in [0.25, 0.3) is 11.4 Å². The van der Waals surface area contributed by atoms with Crippen LogP contribution in [0.2, 0.25) is 0 Å². The molecule has 0 spiro atoms. The van der Waals surface area contributed by atoms with E-state index >= 15 is 0 Å². The number of hydrogen-bond donors (Lipinski definition) is 1. The number of aromatic nitrogens is 2. The summed E-state index contributed by atoms with van der Waals surface area (Å²) >= 11 is 0. The van der Waals surface area contributed by atoms with Crippen LogP contribution in [0, 0.1) is 5.82 Å². The number of nitrogens with zero attached hydrogens (tertiary/aromatic N) is 3. The molecule has 162 valence electrons. The maximum absolute atomic E-state index is 13.0. The van der Waals surface area contributed by atoms with Gasteiger partial charge in [-0.2, -0.15) is 4.98 Å². The van der Waals surface area contributed by atoms with Gasteiger partial charge in [-0.05, 0) is 61.9 Å². The Bertz CT molecular complexity index is 1020. The summed E-state index contributed by atoms with van der Waals surface area (Å²) in [5, 5.41) is 6.69. The standard InChI is InChI=1S/C22H23FN4O4/c1-3-30-22(29)27(2)18-13-11-17(12-14-18)24-19(28)5-4-6-20-25-21(26-31-20)15-7-9-16(23)10-8-15/h7-14H,3-6H2,1-2H3,(H,24,28). The van der Waals surface area contributed by atoms with Gasteiger partial charge in [-0.15, -0.1) is 0 Å². The molecule has 0 saturated carbocycles. The lowest BCUT2D eigenvalue weighted by Crippen LogP contribution is -2.26. The fourth-order valence-corrected chi connectivity index (χ4v) is 2.79. The Hall–Kier alpha value is -3.75. The van der Waals surface area contributed by atoms with Crippen molar-refractivity contribution in [3.05, 3.63) is 60.2 Å². The van der Waals surface area contributed by atoms with E-state index in [1.165, 1.54) is 17.0 Å². The Morgan fingerprint density at radius 3 is 2.52 bits per heavy atom. The molecule has 0 unspecified atom stereocenters. The van der Waals surface area contributed by atoms with Gasteiger partial charge in [0.25, 0.3) is 0 Å². The second-order valence-electron chi connectivity index (χ2n) is 6.73. The summed E-state index contributed by atoms with van der Waals surface area (Å²) in [6.07, 6.45) is 0.812. The van der Waals surface area contributed by atoms with Gasteiger partial charge in [0, 0.05) is 36.8 Å². The van der Waals surface area contributed by atoms with E-state index in [-0.39, 0.29) is 18.1 Å². The highest BCUT2D eigenvalue weighted by Gasteiger charge is 2.12. The van der Waals surface area contributed by atoms with E-state index < -0.39 is 6.09 Å². The van der Waals surface area contributed by atoms with Gasteiger partial charge in [0.1, 0.15) is 5.82 Å². The summed E-state index contributed by atoms with van der Waals surface area (Å²) in [5.74, 6) is 0.315. The third-order valence-corrected chi connectivity index (χ3v) is 4.45. The summed E-state index contributed by atoms with van der Waals surface area (Å²) in [6.45, 7) is 2.04. The number of ether oxygens (including phenoxy) is 1. The molecule has 8 nitrogen and oxygen atoms in total. The van der Waals surface area contributed by atoms with E-state index in [1.54, 1.807) is 50.4 Å². The maximum atomic E-state index is 13.0. The van der Waals surface area contributed by atoms with Crippen LogP contribution in [0.3, 0.4) is 0 Å². The van der Waals surface area contributed by atoms with E-state index in [0.29, 0.717) is 48.1 Å². The van der Waals surface area contributed by atoms with Crippen molar-refractivity contribution in [2.45, 2.75) is 26.2 Å². The van der Waals surface area contributed by atoms with Crippen molar-refractivity contribution in [1.29, 1.82) is 0 Å². The van der Waals surface area contributed by atoms with Crippen molar-refractivity contribution in [2.75, 3.05) is 23.9 Å². The zero-order valence-electron chi connectivity index (χ0n) is 17.3. The normalized spacial score (nSPS) is 10.5. The molecule has 31 heavy (non-hydrogen) atoms. The number of carbonyl (C=O) groups excluding carboxylic acids is 2. The Labute approximate surface area is 179 Å². The number of benzene rings is 2. The lowest BCUT2D eigenvalue weighted by atomic mass is 10.2. The van der Waals surface area contributed by atoms with E-state index in [9.17, 15) is 14.0 Å². The quantitative estimate of drug-likeness (QED) is 0.572. The molecule has 0 aliphatic heterocycles. The van der Waals surface area contributed by atoms with E-state index in [0.717, 1.165) is 0 Å². The highest BCUT2D eigenvalue weighted by atomic mass is 19.1. The molecule has 0 bridgehead atoms. The number of rotatable bonds is 8. The summed E-state index contributed by atoms with van der Waals surface area (Å²) in [6, 6.07) is 12.7. The molecular formula is C22H23FN4O4. The summed E-state index contributed by atoms with van der Waals surface area (Å²) in [7, 11) is 1.62. The first-order chi connectivity index (χ1) is 15.0. The number of amides is 2. The van der Waals surface area contributed by atoms with Gasteiger partial charge in [-0.1, -0.05) is 5.16 Å². The van der Waals surface area contributed by atoms with Crippen LogP contribution in [0.15, 0.2) is 53.1 Å². The lowest BCUT2D eigenvalue weighted by Gasteiger charge is -2.16. The summed E-state index contributed by atoms with van der Waals surface area (Å²) < 4.78 is 23.1. The van der Waals surface area contributed by atoms with Gasteiger partial charge >= 0.3 is 6.09 Å². The van der Waals surface area contributed by atoms with Crippen molar-refractivity contribution in [1.82, 2.24) is 10.1 Å². The van der Waals surface area contributed by atoms with Gasteiger partial charge in [0.05, 0.1) is 6.61 Å². The Kier molecular flexibility index (Phi) is 7.31. The predicted molar refractivity (Wildman–Crippen MR) is 113 cm³/mol. The highest BCUT2D eigenvalue weighted by molar-refractivity contribution is 5.91. The third kappa shape index (κ3) is 6.11. The van der Waals surface area contributed by atoms with Crippen LogP contribution in [0.1, 0.15) is 25.7 Å². The second-order valence-corrected chi connectivity index (χ2v) is 6.73. The average Bonchev–Trinajstić information content (AvgIpc) is 3.23. The highest BCUT2D eigenvalue weighted by Crippen LogP contribution is 2.19. The minimum Gasteiger partial charge on any atom is -0.449 e. The first-order valence-corrected chi connectivity index (χ1v) is 9.85. The minimum absolute atomic E-state index is 0.148. The van der Waals surface area contributed by atoms with Crippen molar-refractivity contribution >= 4 is 23.4 Å². The topological polar surface area (TPSA) is 97.6 Å². The number of anilines is 2. The largest absolute Gasteiger partial charge is 0.449 e. The fourth-order valence-electron chi connectivity index (χ4n) is 2.79. The smallest absolute Gasteiger partial charge is 0.413 e. The van der Waals surface area contributed by atoms with Crippen molar-refractivity contribution in [3.63, 3.8) is 0 Å². The van der Waals surface area contributed by atoms with Crippen LogP contribution in [0.4, 0.5) is 20.6 Å². The molecule has 2 amide bonds. The molecule has 2 aromatic carbocycles. The first-order valence-electron chi connectivity index (χ1n) is 9.85. The second kappa shape index (κ2) is 10.3. The van der Waals surface area contributed by atoms with Gasteiger partial charge < -0.3 is 14.6 Å². The lowest BCUT2D eigenvalue weighted by molar-refractivity contribution is -0.116. The van der Waals surface area contributed by atoms with Gasteiger partial charge in [-0.3, -0.25) is 9.69 Å². The Balaban J connectivity index is 1.45. The molecular weight excluding hydrogens is 403 g/mol. The van der Waals surface area contributed by atoms with Crippen LogP contribution in [-0.4, -0.2) is 35.8 Å². The molecule has 0 atom stereocenters. The molecule has 9 heteroatoms. The average molecular weight is 426 g/mol. The molecule has 0 aliphatic rings. The zero-order chi connectivity index (χ0) is 22.2. The van der Waals surface area contributed by atoms with Crippen LogP contribution < -0.4 is 10.2 Å². The van der Waals surface area contributed by atoms with E-state index in [4.69, 9.17) is 9.26 Å². The SMILES string of the molecule is CCOC(=O)N(C)c1ccc(NC(=O)CCCc2nc(-c3ccc(F)cc3)no2)cc1. The fraction of sp³-hybridized carbons (Fsp3) is 0.273. The van der Waals surface area contributed by atoms with Crippen molar-refractivity contribution < 1.29 is 23.2 Å². The number of hydrogen-bond acceptors (Lipinski definition) is 6. The maximum Gasteiger partial charge on any atom is 0.413 e. The number of halogens is 1. The third-order valence-electron chi connectivity index (χ3n) is 4.45. The molecule has 1 aromatic heterocycles. The predicted octanol–water partition coefficient (Wildman–Crippen LogP) is 4.43. The molecule has 3 rings (SSSR count). The Morgan fingerprint density at radius 2 is 1.84 bits per heavy atom. The number of nitrogens with one attached hydrogen (secondary N) is 1. The molecule has 3 aromatic rings. The monoisotopic (exact) mass is 426 g/mol. The summed E-state index contributed by atoms with van der Waals surface area (Å²) in [5.41, 5.74) is 1.94. The van der Waals surface area contributed by atoms with E-state index in [2.05, 4.69) is 15.5 Å². The van der Waals surface area contributed by atoms with Crippen LogP contribution >= 0.6 is 0 Å². The molecule has 0 radical (unpaired) electrons.